The van der Waals surface area contributed by atoms with E-state index in [1.54, 1.807) is 37.3 Å². The molecule has 0 saturated heterocycles. The summed E-state index contributed by atoms with van der Waals surface area (Å²) in [5, 5.41) is 9.31. The Hall–Kier alpha value is -2.30. The second-order valence-corrected chi connectivity index (χ2v) is 5.01. The Bertz CT molecular complexity index is 537. The summed E-state index contributed by atoms with van der Waals surface area (Å²) in [6.07, 6.45) is 1.58. The minimum absolute atomic E-state index is 0.277. The van der Waals surface area contributed by atoms with Gasteiger partial charge in [-0.15, -0.1) is 0 Å². The molecule has 0 aliphatic rings. The lowest BCUT2D eigenvalue weighted by atomic mass is 10.0. The third-order valence-electron chi connectivity index (χ3n) is 3.23. The normalized spacial score (nSPS) is 10.8. The van der Waals surface area contributed by atoms with E-state index in [0.29, 0.717) is 11.3 Å². The van der Waals surface area contributed by atoms with Gasteiger partial charge in [0.2, 0.25) is 0 Å². The van der Waals surface area contributed by atoms with Crippen molar-refractivity contribution in [3.05, 3.63) is 42.5 Å². The number of amides is 1. The van der Waals surface area contributed by atoms with Crippen molar-refractivity contribution in [1.29, 1.82) is 0 Å². The van der Waals surface area contributed by atoms with Crippen molar-refractivity contribution in [3.63, 3.8) is 0 Å². The van der Waals surface area contributed by atoms with Gasteiger partial charge in [-0.1, -0.05) is 24.8 Å². The zero-order chi connectivity index (χ0) is 16.0. The van der Waals surface area contributed by atoms with Crippen molar-refractivity contribution in [2.75, 3.05) is 13.2 Å². The molecule has 1 aromatic rings. The van der Waals surface area contributed by atoms with Gasteiger partial charge < -0.3 is 14.7 Å². The van der Waals surface area contributed by atoms with Gasteiger partial charge in [0, 0.05) is 6.54 Å². The minimum atomic E-state index is -1.29. The number of aliphatic carboxylic acids is 1. The molecule has 0 heterocycles. The highest BCUT2D eigenvalue weighted by Crippen LogP contribution is 2.24. The summed E-state index contributed by atoms with van der Waals surface area (Å²) in [5.41, 5.74) is -0.951. The molecule has 1 rings (SSSR count). The molecule has 21 heavy (non-hydrogen) atoms. The third-order valence-corrected chi connectivity index (χ3v) is 3.23. The SMILES string of the molecule is C=CCOc1ccccc1C(=O)N(CC)C(C)(C)C(=O)O. The molecule has 0 radical (unpaired) electrons. The molecule has 0 atom stereocenters. The van der Waals surface area contributed by atoms with Crippen molar-refractivity contribution in [1.82, 2.24) is 4.90 Å². The van der Waals surface area contributed by atoms with E-state index in [1.807, 2.05) is 0 Å². The van der Waals surface area contributed by atoms with Crippen LogP contribution in [-0.2, 0) is 4.79 Å². The highest BCUT2D eigenvalue weighted by molar-refractivity contribution is 5.99. The number of ether oxygens (including phenoxy) is 1. The molecule has 0 aromatic heterocycles. The monoisotopic (exact) mass is 291 g/mol. The quantitative estimate of drug-likeness (QED) is 0.784. The summed E-state index contributed by atoms with van der Waals surface area (Å²) in [6, 6.07) is 6.78. The average Bonchev–Trinajstić information content (AvgIpc) is 2.45. The van der Waals surface area contributed by atoms with E-state index >= 15 is 0 Å². The van der Waals surface area contributed by atoms with Crippen LogP contribution in [0.1, 0.15) is 31.1 Å². The molecule has 0 saturated carbocycles. The van der Waals surface area contributed by atoms with Gasteiger partial charge in [-0.05, 0) is 32.9 Å². The first-order valence-corrected chi connectivity index (χ1v) is 6.74. The van der Waals surface area contributed by atoms with Crippen LogP contribution in [0.3, 0.4) is 0 Å². The van der Waals surface area contributed by atoms with E-state index in [-0.39, 0.29) is 19.1 Å². The Morgan fingerprint density at radius 1 is 1.38 bits per heavy atom. The first-order chi connectivity index (χ1) is 9.86. The van der Waals surface area contributed by atoms with Crippen LogP contribution in [0.5, 0.6) is 5.75 Å². The summed E-state index contributed by atoms with van der Waals surface area (Å²) in [5.74, 6) is -1.01. The number of rotatable bonds is 7. The van der Waals surface area contributed by atoms with Crippen LogP contribution in [0.15, 0.2) is 36.9 Å². The van der Waals surface area contributed by atoms with Gasteiger partial charge in [0.05, 0.1) is 5.56 Å². The minimum Gasteiger partial charge on any atom is -0.489 e. The lowest BCUT2D eigenvalue weighted by Gasteiger charge is -2.34. The molecule has 114 valence electrons. The van der Waals surface area contributed by atoms with Gasteiger partial charge in [-0.2, -0.15) is 0 Å². The summed E-state index contributed by atoms with van der Waals surface area (Å²) in [6.45, 7) is 8.88. The van der Waals surface area contributed by atoms with E-state index in [1.165, 1.54) is 18.7 Å². The maximum absolute atomic E-state index is 12.7. The van der Waals surface area contributed by atoms with Crippen molar-refractivity contribution < 1.29 is 19.4 Å². The zero-order valence-electron chi connectivity index (χ0n) is 12.6. The molecule has 1 N–H and O–H groups in total. The van der Waals surface area contributed by atoms with Crippen molar-refractivity contribution >= 4 is 11.9 Å². The third kappa shape index (κ3) is 3.62. The molecule has 5 heteroatoms. The van der Waals surface area contributed by atoms with Crippen LogP contribution in [0, 0.1) is 0 Å². The number of carboxylic acid groups (broad SMARTS) is 1. The predicted molar refractivity (Wildman–Crippen MR) is 80.6 cm³/mol. The van der Waals surface area contributed by atoms with E-state index in [0.717, 1.165) is 0 Å². The van der Waals surface area contributed by atoms with Gasteiger partial charge in [0.1, 0.15) is 17.9 Å². The van der Waals surface area contributed by atoms with Gasteiger partial charge in [-0.3, -0.25) is 4.79 Å². The van der Waals surface area contributed by atoms with Crippen molar-refractivity contribution in [3.8, 4) is 5.75 Å². The van der Waals surface area contributed by atoms with E-state index in [9.17, 15) is 14.7 Å². The van der Waals surface area contributed by atoms with E-state index in [4.69, 9.17) is 4.74 Å². The standard InChI is InChI=1S/C16H21NO4/c1-5-11-21-13-10-8-7-9-12(13)14(18)17(6-2)16(3,4)15(19)20/h5,7-10H,1,6,11H2,2-4H3,(H,19,20). The first kappa shape index (κ1) is 16.8. The molecule has 0 aliphatic heterocycles. The van der Waals surface area contributed by atoms with E-state index in [2.05, 4.69) is 6.58 Å². The zero-order valence-corrected chi connectivity index (χ0v) is 12.6. The fourth-order valence-electron chi connectivity index (χ4n) is 1.97. The molecular formula is C16H21NO4. The number of hydrogen-bond acceptors (Lipinski definition) is 3. The number of carbonyl (C=O) groups is 2. The molecule has 0 fully saturated rings. The molecular weight excluding hydrogens is 270 g/mol. The topological polar surface area (TPSA) is 66.8 Å². The maximum Gasteiger partial charge on any atom is 0.329 e. The highest BCUT2D eigenvalue weighted by Gasteiger charge is 2.37. The van der Waals surface area contributed by atoms with Gasteiger partial charge >= 0.3 is 5.97 Å². The second-order valence-electron chi connectivity index (χ2n) is 5.01. The Kier molecular flexibility index (Phi) is 5.52. The van der Waals surface area contributed by atoms with Crippen LogP contribution < -0.4 is 4.74 Å². The fraction of sp³-hybridized carbons (Fsp3) is 0.375. The van der Waals surface area contributed by atoms with Crippen LogP contribution in [0.25, 0.3) is 0 Å². The number of benzene rings is 1. The maximum atomic E-state index is 12.7. The Balaban J connectivity index is 3.17. The second kappa shape index (κ2) is 6.92. The number of hydrogen-bond donors (Lipinski definition) is 1. The first-order valence-electron chi connectivity index (χ1n) is 6.74. The summed E-state index contributed by atoms with van der Waals surface area (Å²) >= 11 is 0. The van der Waals surface area contributed by atoms with Crippen LogP contribution in [-0.4, -0.2) is 40.6 Å². The lowest BCUT2D eigenvalue weighted by molar-refractivity contribution is -0.147. The largest absolute Gasteiger partial charge is 0.489 e. The van der Waals surface area contributed by atoms with Crippen molar-refractivity contribution in [2.24, 2.45) is 0 Å². The Labute approximate surface area is 124 Å². The molecule has 1 aromatic carbocycles. The number of carbonyl (C=O) groups excluding carboxylic acids is 1. The lowest BCUT2D eigenvalue weighted by Crippen LogP contribution is -2.53. The predicted octanol–water partition coefficient (Wildman–Crippen LogP) is 2.58. The Morgan fingerprint density at radius 2 is 2.00 bits per heavy atom. The van der Waals surface area contributed by atoms with Gasteiger partial charge in [0.25, 0.3) is 5.91 Å². The highest BCUT2D eigenvalue weighted by atomic mass is 16.5. The van der Waals surface area contributed by atoms with Crippen LogP contribution in [0.4, 0.5) is 0 Å². The molecule has 0 aliphatic carbocycles. The Morgan fingerprint density at radius 3 is 2.52 bits per heavy atom. The summed E-state index contributed by atoms with van der Waals surface area (Å²) < 4.78 is 5.46. The molecule has 5 nitrogen and oxygen atoms in total. The number of nitrogens with zero attached hydrogens (tertiary/aromatic N) is 1. The number of likely N-dealkylation sites (N-methyl/N-ethyl adjacent to an activating group) is 1. The fourth-order valence-corrected chi connectivity index (χ4v) is 1.97. The molecule has 0 spiro atoms. The number of para-hydroxylation sites is 1. The summed E-state index contributed by atoms with van der Waals surface area (Å²) in [4.78, 5) is 25.4. The van der Waals surface area contributed by atoms with Crippen molar-refractivity contribution in [2.45, 2.75) is 26.3 Å². The molecule has 1 amide bonds. The van der Waals surface area contributed by atoms with Crippen LogP contribution >= 0.6 is 0 Å². The number of carboxylic acids is 1. The smallest absolute Gasteiger partial charge is 0.329 e. The van der Waals surface area contributed by atoms with Crippen LogP contribution in [0.2, 0.25) is 0 Å². The summed E-state index contributed by atoms with van der Waals surface area (Å²) in [7, 11) is 0. The molecule has 0 unspecified atom stereocenters. The van der Waals surface area contributed by atoms with Gasteiger partial charge in [-0.25, -0.2) is 4.79 Å². The van der Waals surface area contributed by atoms with Gasteiger partial charge in [0.15, 0.2) is 0 Å². The molecule has 0 bridgehead atoms. The average molecular weight is 291 g/mol. The van der Waals surface area contributed by atoms with E-state index < -0.39 is 11.5 Å².